The Bertz CT molecular complexity index is 719. The summed E-state index contributed by atoms with van der Waals surface area (Å²) in [4.78, 5) is 10.5. The number of rotatable bonds is 8. The molecule has 0 saturated heterocycles. The van der Waals surface area contributed by atoms with Crippen LogP contribution >= 0.6 is 0 Å². The second kappa shape index (κ2) is 8.77. The highest BCUT2D eigenvalue weighted by Gasteiger charge is 2.07. The van der Waals surface area contributed by atoms with Crippen molar-refractivity contribution >= 4 is 12.0 Å². The molecule has 0 fully saturated rings. The summed E-state index contributed by atoms with van der Waals surface area (Å²) in [5.74, 6) is 0.192. The highest BCUT2D eigenvalue weighted by Crippen LogP contribution is 2.33. The maximum atomic E-state index is 10.5. The second-order valence-electron chi connectivity index (χ2n) is 5.35. The van der Waals surface area contributed by atoms with E-state index in [1.54, 1.807) is 7.11 Å². The lowest BCUT2D eigenvalue weighted by atomic mass is 10.0. The molecule has 0 bridgehead atoms. The van der Waals surface area contributed by atoms with E-state index in [9.17, 15) is 9.90 Å². The van der Waals surface area contributed by atoms with Gasteiger partial charge in [-0.1, -0.05) is 43.7 Å². The topological polar surface area (TPSA) is 58.6 Å². The molecule has 0 aliphatic rings. The van der Waals surface area contributed by atoms with E-state index in [1.807, 2.05) is 42.5 Å². The quantitative estimate of drug-likeness (QED) is 0.552. The number of carbonyl (C=O) groups excluding carboxylic acids is 1. The van der Waals surface area contributed by atoms with Crippen LogP contribution in [-0.4, -0.2) is 19.7 Å². The molecule has 0 atom stereocenters. The minimum atomic E-state index is -1.21. The van der Waals surface area contributed by atoms with Crippen LogP contribution < -0.4 is 14.6 Å². The Morgan fingerprint density at radius 2 is 1.92 bits per heavy atom. The van der Waals surface area contributed by atoms with Gasteiger partial charge in [0.25, 0.3) is 0 Å². The SMILES string of the molecule is CCCCOc1ccc(-c2cccc(/C=C/C(=O)[O-])c2)cc1OC. The Balaban J connectivity index is 2.25. The predicted octanol–water partition coefficient (Wildman–Crippen LogP) is 3.30. The van der Waals surface area contributed by atoms with E-state index in [0.29, 0.717) is 12.4 Å². The molecule has 0 aliphatic heterocycles. The van der Waals surface area contributed by atoms with Crippen molar-refractivity contribution in [3.63, 3.8) is 0 Å². The molecular formula is C20H21O4-. The van der Waals surface area contributed by atoms with Gasteiger partial charge in [0.15, 0.2) is 11.5 Å². The summed E-state index contributed by atoms with van der Waals surface area (Å²) >= 11 is 0. The number of benzene rings is 2. The van der Waals surface area contributed by atoms with Crippen LogP contribution in [0.1, 0.15) is 25.3 Å². The summed E-state index contributed by atoms with van der Waals surface area (Å²) in [5.41, 5.74) is 2.73. The summed E-state index contributed by atoms with van der Waals surface area (Å²) < 4.78 is 11.2. The first-order chi connectivity index (χ1) is 11.6. The summed E-state index contributed by atoms with van der Waals surface area (Å²) in [7, 11) is 1.62. The number of unbranched alkanes of at least 4 members (excludes halogenated alkanes) is 1. The van der Waals surface area contributed by atoms with E-state index in [2.05, 4.69) is 6.92 Å². The van der Waals surface area contributed by atoms with E-state index < -0.39 is 5.97 Å². The molecule has 0 unspecified atom stereocenters. The molecule has 2 aromatic rings. The van der Waals surface area contributed by atoms with Crippen molar-refractivity contribution in [1.29, 1.82) is 0 Å². The van der Waals surface area contributed by atoms with Crippen LogP contribution in [0.3, 0.4) is 0 Å². The number of hydrogen-bond acceptors (Lipinski definition) is 4. The standard InChI is InChI=1S/C20H22O4/c1-3-4-12-24-18-10-9-17(14-19(18)23-2)16-7-5-6-15(13-16)8-11-20(21)22/h5-11,13-14H,3-4,12H2,1-2H3,(H,21,22)/p-1/b11-8+. The largest absolute Gasteiger partial charge is 0.545 e. The first kappa shape index (κ1) is 17.6. The number of hydrogen-bond donors (Lipinski definition) is 0. The van der Waals surface area contributed by atoms with Crippen molar-refractivity contribution < 1.29 is 19.4 Å². The molecule has 24 heavy (non-hydrogen) atoms. The van der Waals surface area contributed by atoms with Gasteiger partial charge in [-0.15, -0.1) is 0 Å². The third kappa shape index (κ3) is 4.88. The van der Waals surface area contributed by atoms with Gasteiger partial charge in [-0.25, -0.2) is 0 Å². The molecule has 0 heterocycles. The Labute approximate surface area is 142 Å². The van der Waals surface area contributed by atoms with E-state index in [-0.39, 0.29) is 0 Å². The molecule has 0 spiro atoms. The van der Waals surface area contributed by atoms with Gasteiger partial charge >= 0.3 is 0 Å². The average molecular weight is 325 g/mol. The van der Waals surface area contributed by atoms with Gasteiger partial charge in [-0.05, 0) is 47.4 Å². The monoisotopic (exact) mass is 325 g/mol. The number of ether oxygens (including phenoxy) is 2. The van der Waals surface area contributed by atoms with Crippen LogP contribution in [0.4, 0.5) is 0 Å². The van der Waals surface area contributed by atoms with Crippen LogP contribution in [0, 0.1) is 0 Å². The molecule has 2 aromatic carbocycles. The fraction of sp³-hybridized carbons (Fsp3) is 0.250. The molecule has 4 heteroatoms. The van der Waals surface area contributed by atoms with Gasteiger partial charge in [-0.3, -0.25) is 0 Å². The average Bonchev–Trinajstić information content (AvgIpc) is 2.60. The summed E-state index contributed by atoms with van der Waals surface area (Å²) in [6, 6.07) is 13.4. The third-order valence-electron chi connectivity index (χ3n) is 3.55. The molecular weight excluding hydrogens is 304 g/mol. The highest BCUT2D eigenvalue weighted by atomic mass is 16.5. The molecule has 4 nitrogen and oxygen atoms in total. The van der Waals surface area contributed by atoms with Crippen molar-refractivity contribution in [1.82, 2.24) is 0 Å². The van der Waals surface area contributed by atoms with Gasteiger partial charge in [0, 0.05) is 0 Å². The predicted molar refractivity (Wildman–Crippen MR) is 92.9 cm³/mol. The molecule has 0 N–H and O–H groups in total. The van der Waals surface area contributed by atoms with Crippen LogP contribution in [0.5, 0.6) is 11.5 Å². The van der Waals surface area contributed by atoms with E-state index in [4.69, 9.17) is 9.47 Å². The first-order valence-corrected chi connectivity index (χ1v) is 7.94. The molecule has 0 radical (unpaired) electrons. The van der Waals surface area contributed by atoms with Crippen molar-refractivity contribution in [2.24, 2.45) is 0 Å². The van der Waals surface area contributed by atoms with Crippen LogP contribution in [0.25, 0.3) is 17.2 Å². The maximum absolute atomic E-state index is 10.5. The first-order valence-electron chi connectivity index (χ1n) is 7.94. The molecule has 0 aromatic heterocycles. The Morgan fingerprint density at radius 1 is 1.12 bits per heavy atom. The second-order valence-corrected chi connectivity index (χ2v) is 5.35. The molecule has 0 amide bonds. The zero-order valence-corrected chi connectivity index (χ0v) is 14.0. The fourth-order valence-electron chi connectivity index (χ4n) is 2.28. The molecule has 2 rings (SSSR count). The highest BCUT2D eigenvalue weighted by molar-refractivity contribution is 5.84. The van der Waals surface area contributed by atoms with Gasteiger partial charge in [0.2, 0.25) is 0 Å². The summed E-state index contributed by atoms with van der Waals surface area (Å²) in [6.45, 7) is 2.78. The van der Waals surface area contributed by atoms with Crippen LogP contribution in [-0.2, 0) is 4.79 Å². The minimum absolute atomic E-state index is 0.662. The van der Waals surface area contributed by atoms with E-state index >= 15 is 0 Å². The Kier molecular flexibility index (Phi) is 6.43. The zero-order chi connectivity index (χ0) is 17.4. The van der Waals surface area contributed by atoms with Crippen molar-refractivity contribution in [3.05, 3.63) is 54.1 Å². The summed E-state index contributed by atoms with van der Waals surface area (Å²) in [5, 5.41) is 10.5. The number of carbonyl (C=O) groups is 1. The van der Waals surface area contributed by atoms with Gasteiger partial charge in [0.05, 0.1) is 19.7 Å². The van der Waals surface area contributed by atoms with Crippen molar-refractivity contribution in [2.45, 2.75) is 19.8 Å². The van der Waals surface area contributed by atoms with Gasteiger partial charge in [0.1, 0.15) is 0 Å². The van der Waals surface area contributed by atoms with Crippen LogP contribution in [0.15, 0.2) is 48.5 Å². The molecule has 0 aliphatic carbocycles. The molecule has 126 valence electrons. The third-order valence-corrected chi connectivity index (χ3v) is 3.55. The number of methoxy groups -OCH3 is 1. The minimum Gasteiger partial charge on any atom is -0.545 e. The number of carboxylic acids is 1. The normalized spacial score (nSPS) is 10.8. The fourth-order valence-corrected chi connectivity index (χ4v) is 2.28. The van der Waals surface area contributed by atoms with Gasteiger partial charge < -0.3 is 19.4 Å². The van der Waals surface area contributed by atoms with E-state index in [1.165, 1.54) is 6.08 Å². The summed E-state index contributed by atoms with van der Waals surface area (Å²) in [6.07, 6.45) is 4.60. The zero-order valence-electron chi connectivity index (χ0n) is 14.0. The lowest BCUT2D eigenvalue weighted by Crippen LogP contribution is -2.18. The van der Waals surface area contributed by atoms with Crippen LogP contribution in [0.2, 0.25) is 0 Å². The molecule has 0 saturated carbocycles. The number of aliphatic carboxylic acids is 1. The number of carboxylic acid groups (broad SMARTS) is 1. The van der Waals surface area contributed by atoms with Crippen molar-refractivity contribution in [2.75, 3.05) is 13.7 Å². The van der Waals surface area contributed by atoms with Gasteiger partial charge in [-0.2, -0.15) is 0 Å². The maximum Gasteiger partial charge on any atom is 0.161 e. The van der Waals surface area contributed by atoms with Crippen molar-refractivity contribution in [3.8, 4) is 22.6 Å². The Hall–Kier alpha value is -2.75. The lowest BCUT2D eigenvalue weighted by molar-refractivity contribution is -0.297. The Morgan fingerprint density at radius 3 is 2.62 bits per heavy atom. The smallest absolute Gasteiger partial charge is 0.161 e. The lowest BCUT2D eigenvalue weighted by Gasteiger charge is -2.12. The van der Waals surface area contributed by atoms with E-state index in [0.717, 1.165) is 41.4 Å².